The summed E-state index contributed by atoms with van der Waals surface area (Å²) in [5, 5.41) is 21.1. The van der Waals surface area contributed by atoms with Gasteiger partial charge >= 0.3 is 5.97 Å². The van der Waals surface area contributed by atoms with Gasteiger partial charge in [-0.25, -0.2) is 8.42 Å². The molecule has 2 N–H and O–H groups in total. The topological polar surface area (TPSA) is 110 Å². The van der Waals surface area contributed by atoms with E-state index in [9.17, 15) is 23.4 Å². The molecular formula is C27H38O7S. The number of carbonyl (C=O) groups excluding carboxylic acids is 1. The minimum Gasteiger partial charge on any atom is -0.469 e. The van der Waals surface area contributed by atoms with Gasteiger partial charge in [0.25, 0.3) is 0 Å². The minimum atomic E-state index is -3.71. The summed E-state index contributed by atoms with van der Waals surface area (Å²) in [5.74, 6) is -0.795. The van der Waals surface area contributed by atoms with Crippen molar-refractivity contribution in [2.24, 2.45) is 17.8 Å². The molecule has 0 unspecified atom stereocenters. The van der Waals surface area contributed by atoms with Crippen LogP contribution in [0.25, 0.3) is 0 Å². The van der Waals surface area contributed by atoms with Gasteiger partial charge < -0.3 is 19.7 Å². The quantitative estimate of drug-likeness (QED) is 0.238. The zero-order valence-corrected chi connectivity index (χ0v) is 21.5. The standard InChI is InChI=1S/C27H38O7S/c1-3-34-16-15-20(28)13-14-22-23-17-19(9-7-8-12-26(30)33-2)27(24(23)18-25(22)29)35(31,32)21-10-5-4-6-11-21/h4-6,10-11,13-14,20,22-25,28-29H,3,7-9,12,15-18H2,1-2H3/b14-13+/t20-,22+,23+,24+,25-/m1/s1. The number of allylic oxidation sites excluding steroid dienone is 2. The molecule has 8 heteroatoms. The Bertz CT molecular complexity index is 1000. The number of rotatable bonds is 13. The number of methoxy groups -OCH3 is 1. The van der Waals surface area contributed by atoms with E-state index in [2.05, 4.69) is 0 Å². The molecule has 1 aromatic carbocycles. The second-order valence-corrected chi connectivity index (χ2v) is 11.3. The van der Waals surface area contributed by atoms with Crippen LogP contribution >= 0.6 is 0 Å². The predicted octanol–water partition coefficient (Wildman–Crippen LogP) is 3.81. The zero-order valence-electron chi connectivity index (χ0n) is 20.6. The molecule has 0 heterocycles. The van der Waals surface area contributed by atoms with Crippen molar-refractivity contribution in [3.05, 3.63) is 53.0 Å². The molecule has 35 heavy (non-hydrogen) atoms. The lowest BCUT2D eigenvalue weighted by Gasteiger charge is -2.19. The number of ether oxygens (including phenoxy) is 2. The van der Waals surface area contributed by atoms with Gasteiger partial charge in [-0.2, -0.15) is 0 Å². The van der Waals surface area contributed by atoms with Crippen LogP contribution in [-0.2, 0) is 24.1 Å². The van der Waals surface area contributed by atoms with Gasteiger partial charge in [-0.15, -0.1) is 0 Å². The van der Waals surface area contributed by atoms with Crippen LogP contribution in [0.1, 0.15) is 51.9 Å². The third-order valence-electron chi connectivity index (χ3n) is 7.12. The first-order chi connectivity index (χ1) is 16.8. The van der Waals surface area contributed by atoms with E-state index in [-0.39, 0.29) is 28.6 Å². The van der Waals surface area contributed by atoms with E-state index in [0.29, 0.717) is 63.1 Å². The number of esters is 1. The maximum atomic E-state index is 13.7. The molecule has 1 fully saturated rings. The maximum absolute atomic E-state index is 13.7. The normalized spacial score (nSPS) is 25.3. The number of hydrogen-bond donors (Lipinski definition) is 2. The largest absolute Gasteiger partial charge is 0.469 e. The molecule has 0 spiro atoms. The lowest BCUT2D eigenvalue weighted by molar-refractivity contribution is -0.140. The van der Waals surface area contributed by atoms with Gasteiger partial charge in [-0.05, 0) is 57.1 Å². The summed E-state index contributed by atoms with van der Waals surface area (Å²) in [6.07, 6.45) is 5.88. The molecule has 0 amide bonds. The summed E-state index contributed by atoms with van der Waals surface area (Å²) in [4.78, 5) is 12.2. The Morgan fingerprint density at radius 3 is 2.66 bits per heavy atom. The molecule has 0 aromatic heterocycles. The van der Waals surface area contributed by atoms with Crippen molar-refractivity contribution in [2.45, 2.75) is 69.0 Å². The second-order valence-electron chi connectivity index (χ2n) is 9.36. The molecule has 3 rings (SSSR count). The lowest BCUT2D eigenvalue weighted by atomic mass is 9.88. The monoisotopic (exact) mass is 506 g/mol. The Balaban J connectivity index is 1.81. The minimum absolute atomic E-state index is 0.0376. The Morgan fingerprint density at radius 2 is 1.97 bits per heavy atom. The Labute approximate surface area is 208 Å². The fourth-order valence-corrected chi connectivity index (χ4v) is 7.40. The first-order valence-corrected chi connectivity index (χ1v) is 14.0. The fourth-order valence-electron chi connectivity index (χ4n) is 5.40. The van der Waals surface area contributed by atoms with Crippen LogP contribution in [0, 0.1) is 17.8 Å². The first-order valence-electron chi connectivity index (χ1n) is 12.5. The Kier molecular flexibility index (Phi) is 10.1. The average molecular weight is 507 g/mol. The number of aliphatic hydroxyl groups excluding tert-OH is 2. The molecule has 0 radical (unpaired) electrons. The van der Waals surface area contributed by atoms with Gasteiger partial charge in [0.2, 0.25) is 9.84 Å². The first kappa shape index (κ1) is 27.6. The average Bonchev–Trinajstić information content (AvgIpc) is 3.35. The van der Waals surface area contributed by atoms with Crippen LogP contribution < -0.4 is 0 Å². The Hall–Kier alpha value is -2.00. The molecule has 0 saturated heterocycles. The van der Waals surface area contributed by atoms with Crippen molar-refractivity contribution < 1.29 is 32.9 Å². The fraction of sp³-hybridized carbons (Fsp3) is 0.593. The number of unbranched alkanes of at least 4 members (excludes halogenated alkanes) is 1. The van der Waals surface area contributed by atoms with Crippen molar-refractivity contribution >= 4 is 15.8 Å². The highest BCUT2D eigenvalue weighted by Gasteiger charge is 2.50. The number of aliphatic hydroxyl groups is 2. The maximum Gasteiger partial charge on any atom is 0.305 e. The summed E-state index contributed by atoms with van der Waals surface area (Å²) >= 11 is 0. The molecule has 0 aliphatic heterocycles. The van der Waals surface area contributed by atoms with Crippen molar-refractivity contribution in [1.82, 2.24) is 0 Å². The second kappa shape index (κ2) is 12.8. The number of hydrogen-bond acceptors (Lipinski definition) is 7. The highest BCUT2D eigenvalue weighted by Crippen LogP contribution is 2.54. The molecule has 1 aromatic rings. The molecule has 2 aliphatic rings. The van der Waals surface area contributed by atoms with Crippen LogP contribution in [0.2, 0.25) is 0 Å². The molecule has 7 nitrogen and oxygen atoms in total. The molecular weight excluding hydrogens is 468 g/mol. The highest BCUT2D eigenvalue weighted by molar-refractivity contribution is 7.95. The summed E-state index contributed by atoms with van der Waals surface area (Å²) < 4.78 is 37.4. The molecule has 194 valence electrons. The van der Waals surface area contributed by atoms with Crippen molar-refractivity contribution in [3.8, 4) is 0 Å². The van der Waals surface area contributed by atoms with E-state index < -0.39 is 22.0 Å². The van der Waals surface area contributed by atoms with E-state index in [1.54, 1.807) is 36.4 Å². The van der Waals surface area contributed by atoms with Crippen LogP contribution in [0.4, 0.5) is 0 Å². The zero-order chi connectivity index (χ0) is 25.4. The van der Waals surface area contributed by atoms with Crippen molar-refractivity contribution in [2.75, 3.05) is 20.3 Å². The smallest absolute Gasteiger partial charge is 0.305 e. The summed E-state index contributed by atoms with van der Waals surface area (Å²) in [6.45, 7) is 2.95. The highest BCUT2D eigenvalue weighted by atomic mass is 32.2. The number of carbonyl (C=O) groups is 1. The van der Waals surface area contributed by atoms with E-state index in [4.69, 9.17) is 9.47 Å². The van der Waals surface area contributed by atoms with Gasteiger partial charge in [0.15, 0.2) is 0 Å². The third kappa shape index (κ3) is 6.82. The number of benzene rings is 1. The number of fused-ring (bicyclic) bond motifs is 1. The summed E-state index contributed by atoms with van der Waals surface area (Å²) in [7, 11) is -2.34. The molecule has 5 atom stereocenters. The van der Waals surface area contributed by atoms with E-state index in [0.717, 1.165) is 5.57 Å². The van der Waals surface area contributed by atoms with Crippen molar-refractivity contribution in [3.63, 3.8) is 0 Å². The van der Waals surface area contributed by atoms with Gasteiger partial charge in [0.1, 0.15) is 0 Å². The van der Waals surface area contributed by atoms with E-state index in [1.165, 1.54) is 7.11 Å². The van der Waals surface area contributed by atoms with Crippen molar-refractivity contribution in [1.29, 1.82) is 0 Å². The van der Waals surface area contributed by atoms with Gasteiger partial charge in [-0.3, -0.25) is 4.79 Å². The van der Waals surface area contributed by atoms with Crippen LogP contribution in [0.15, 0.2) is 57.9 Å². The van der Waals surface area contributed by atoms with Crippen LogP contribution in [-0.4, -0.2) is 57.1 Å². The predicted molar refractivity (Wildman–Crippen MR) is 133 cm³/mol. The number of sulfone groups is 1. The SMILES string of the molecule is CCOCC[C@H](O)/C=C/[C@H]1[C@@H]2CC(CCCCC(=O)OC)=C(S(=O)(=O)c3ccccc3)[C@H]2C[C@H]1O. The van der Waals surface area contributed by atoms with Gasteiger partial charge in [-0.1, -0.05) is 35.9 Å². The van der Waals surface area contributed by atoms with Gasteiger partial charge in [0, 0.05) is 37.9 Å². The van der Waals surface area contributed by atoms with Crippen LogP contribution in [0.5, 0.6) is 0 Å². The van der Waals surface area contributed by atoms with E-state index in [1.807, 2.05) is 13.0 Å². The Morgan fingerprint density at radius 1 is 1.23 bits per heavy atom. The molecule has 1 saturated carbocycles. The third-order valence-corrected chi connectivity index (χ3v) is 9.18. The summed E-state index contributed by atoms with van der Waals surface area (Å²) in [5.41, 5.74) is 0.899. The van der Waals surface area contributed by atoms with E-state index >= 15 is 0 Å². The molecule has 2 aliphatic carbocycles. The van der Waals surface area contributed by atoms with Crippen LogP contribution in [0.3, 0.4) is 0 Å². The lowest BCUT2D eigenvalue weighted by Crippen LogP contribution is -2.18. The molecule has 0 bridgehead atoms. The summed E-state index contributed by atoms with van der Waals surface area (Å²) in [6, 6.07) is 8.45. The van der Waals surface area contributed by atoms with Gasteiger partial charge in [0.05, 0.1) is 29.1 Å².